The summed E-state index contributed by atoms with van der Waals surface area (Å²) in [6, 6.07) is 33.3. The number of pyridine rings is 2. The van der Waals surface area contributed by atoms with Gasteiger partial charge in [-0.1, -0.05) is 102 Å². The SMILES string of the molecule is COc1ccccc1-c1ccc(C(=O)N2[C@@H](c3ccccc3Cl)CC[C@H]2C(=O)O)cn1.O=C(O)[C@@H]1CC[C@H](c2ccccc2Cl)N1C(=O)c1ccc(-c2ccccc2Cl)nc1. The lowest BCUT2D eigenvalue weighted by Gasteiger charge is -2.29. The van der Waals surface area contributed by atoms with Crippen molar-refractivity contribution in [2.45, 2.75) is 49.9 Å². The Morgan fingerprint density at radius 2 is 0.951 bits per heavy atom. The fourth-order valence-electron chi connectivity index (χ4n) is 7.96. The summed E-state index contributed by atoms with van der Waals surface area (Å²) >= 11 is 18.9. The maximum absolute atomic E-state index is 13.4. The van der Waals surface area contributed by atoms with E-state index in [0.29, 0.717) is 69.0 Å². The van der Waals surface area contributed by atoms with Gasteiger partial charge in [0, 0.05) is 38.6 Å². The predicted octanol–water partition coefficient (Wildman–Crippen LogP) is 10.3. The summed E-state index contributed by atoms with van der Waals surface area (Å²) < 4.78 is 5.38. The maximum atomic E-state index is 13.4. The van der Waals surface area contributed by atoms with Gasteiger partial charge in [0.2, 0.25) is 0 Å². The van der Waals surface area contributed by atoms with Gasteiger partial charge in [0.15, 0.2) is 0 Å². The average molecular weight is 878 g/mol. The molecule has 0 spiro atoms. The lowest BCUT2D eigenvalue weighted by Crippen LogP contribution is -2.42. The molecule has 2 aromatic heterocycles. The largest absolute Gasteiger partial charge is 0.496 e. The van der Waals surface area contributed by atoms with Crippen LogP contribution in [0.1, 0.15) is 69.6 Å². The minimum Gasteiger partial charge on any atom is -0.496 e. The van der Waals surface area contributed by atoms with Crippen LogP contribution in [0, 0.1) is 0 Å². The van der Waals surface area contributed by atoms with Crippen LogP contribution in [0.25, 0.3) is 22.5 Å². The molecule has 0 aliphatic carbocycles. The van der Waals surface area contributed by atoms with Gasteiger partial charge in [0.25, 0.3) is 11.8 Å². The summed E-state index contributed by atoms with van der Waals surface area (Å²) in [6.45, 7) is 0. The van der Waals surface area contributed by atoms with Gasteiger partial charge in [-0.25, -0.2) is 9.59 Å². The van der Waals surface area contributed by atoms with Crippen LogP contribution >= 0.6 is 34.8 Å². The predicted molar refractivity (Wildman–Crippen MR) is 233 cm³/mol. The molecule has 0 unspecified atom stereocenters. The number of aromatic nitrogens is 2. The van der Waals surface area contributed by atoms with Crippen molar-refractivity contribution in [1.29, 1.82) is 0 Å². The summed E-state index contributed by atoms with van der Waals surface area (Å²) in [5.74, 6) is -2.14. The molecular formula is C47H39Cl3N4O7. The number of benzene rings is 4. The van der Waals surface area contributed by atoms with E-state index in [-0.39, 0.29) is 11.8 Å². The fraction of sp³-hybridized carbons (Fsp3) is 0.191. The van der Waals surface area contributed by atoms with Gasteiger partial charge in [0.1, 0.15) is 17.8 Å². The Bertz CT molecular complexity index is 2570. The molecule has 61 heavy (non-hydrogen) atoms. The first-order valence-electron chi connectivity index (χ1n) is 19.4. The molecule has 4 heterocycles. The summed E-state index contributed by atoms with van der Waals surface area (Å²) in [4.78, 5) is 62.0. The van der Waals surface area contributed by atoms with Crippen LogP contribution in [-0.2, 0) is 9.59 Å². The lowest BCUT2D eigenvalue weighted by molar-refractivity contribution is -0.142. The minimum absolute atomic E-state index is 0.316. The third-order valence-electron chi connectivity index (χ3n) is 10.9. The number of hydrogen-bond donors (Lipinski definition) is 2. The zero-order valence-corrected chi connectivity index (χ0v) is 35.0. The maximum Gasteiger partial charge on any atom is 0.326 e. The van der Waals surface area contributed by atoms with Crippen molar-refractivity contribution in [3.63, 3.8) is 0 Å². The van der Waals surface area contributed by atoms with Crippen LogP contribution in [0.4, 0.5) is 0 Å². The number of aliphatic carboxylic acids is 2. The number of halogens is 3. The molecule has 2 fully saturated rings. The van der Waals surface area contributed by atoms with Crippen LogP contribution in [0.15, 0.2) is 134 Å². The molecule has 0 saturated carbocycles. The number of ether oxygens (including phenoxy) is 1. The van der Waals surface area contributed by atoms with E-state index in [1.165, 1.54) is 22.2 Å². The van der Waals surface area contributed by atoms with Crippen molar-refractivity contribution in [2.24, 2.45) is 0 Å². The van der Waals surface area contributed by atoms with Crippen LogP contribution in [-0.4, -0.2) is 72.9 Å². The number of methoxy groups -OCH3 is 1. The molecule has 2 aliphatic rings. The zero-order valence-electron chi connectivity index (χ0n) is 32.7. The number of likely N-dealkylation sites (tertiary alicyclic amines) is 2. The first-order valence-corrected chi connectivity index (χ1v) is 20.5. The highest BCUT2D eigenvalue weighted by atomic mass is 35.5. The van der Waals surface area contributed by atoms with Crippen LogP contribution in [0.2, 0.25) is 15.1 Å². The monoisotopic (exact) mass is 876 g/mol. The van der Waals surface area contributed by atoms with E-state index in [4.69, 9.17) is 39.5 Å². The van der Waals surface area contributed by atoms with E-state index >= 15 is 0 Å². The molecule has 14 heteroatoms. The Labute approximate surface area is 367 Å². The molecule has 0 bridgehead atoms. The van der Waals surface area contributed by atoms with Crippen molar-refractivity contribution in [2.75, 3.05) is 7.11 Å². The second-order valence-electron chi connectivity index (χ2n) is 14.4. The highest BCUT2D eigenvalue weighted by Gasteiger charge is 2.44. The number of nitrogens with zero attached hydrogens (tertiary/aromatic N) is 4. The number of carboxylic acid groups (broad SMARTS) is 2. The molecule has 11 nitrogen and oxygen atoms in total. The van der Waals surface area contributed by atoms with Crippen LogP contribution < -0.4 is 4.74 Å². The van der Waals surface area contributed by atoms with Crippen LogP contribution in [0.3, 0.4) is 0 Å². The minimum atomic E-state index is -1.03. The molecule has 8 rings (SSSR count). The normalized spacial score (nSPS) is 18.2. The van der Waals surface area contributed by atoms with Crippen molar-refractivity contribution in [1.82, 2.24) is 19.8 Å². The Hall–Kier alpha value is -6.27. The third-order valence-corrected chi connectivity index (χ3v) is 11.9. The Morgan fingerprint density at radius 1 is 0.541 bits per heavy atom. The number of rotatable bonds is 9. The fourth-order valence-corrected chi connectivity index (χ4v) is 8.71. The Morgan fingerprint density at radius 3 is 1.36 bits per heavy atom. The lowest BCUT2D eigenvalue weighted by atomic mass is 10.0. The highest BCUT2D eigenvalue weighted by molar-refractivity contribution is 6.33. The quantitative estimate of drug-likeness (QED) is 0.145. The molecule has 0 radical (unpaired) electrons. The smallest absolute Gasteiger partial charge is 0.326 e. The second kappa shape index (κ2) is 19.0. The molecule has 6 aromatic rings. The zero-order chi connectivity index (χ0) is 43.2. The molecular weight excluding hydrogens is 839 g/mol. The topological polar surface area (TPSA) is 150 Å². The molecule has 4 atom stereocenters. The van der Waals surface area contributed by atoms with E-state index in [2.05, 4.69) is 9.97 Å². The van der Waals surface area contributed by atoms with Gasteiger partial charge < -0.3 is 24.7 Å². The summed E-state index contributed by atoms with van der Waals surface area (Å²) in [5, 5.41) is 21.0. The van der Waals surface area contributed by atoms with Gasteiger partial charge in [-0.05, 0) is 91.4 Å². The average Bonchev–Trinajstić information content (AvgIpc) is 3.93. The number of carboxylic acids is 2. The van der Waals surface area contributed by atoms with Crippen molar-refractivity contribution in [3.05, 3.63) is 171 Å². The molecule has 2 amide bonds. The van der Waals surface area contributed by atoms with E-state index < -0.39 is 36.1 Å². The van der Waals surface area contributed by atoms with Gasteiger partial charge in [-0.3, -0.25) is 19.6 Å². The first kappa shape index (κ1) is 42.8. The van der Waals surface area contributed by atoms with E-state index in [1.807, 2.05) is 72.8 Å². The summed E-state index contributed by atoms with van der Waals surface area (Å²) in [7, 11) is 1.59. The van der Waals surface area contributed by atoms with Gasteiger partial charge in [-0.15, -0.1) is 0 Å². The highest BCUT2D eigenvalue weighted by Crippen LogP contribution is 2.42. The van der Waals surface area contributed by atoms with Gasteiger partial charge >= 0.3 is 11.9 Å². The Kier molecular flexibility index (Phi) is 13.3. The number of amides is 2. The van der Waals surface area contributed by atoms with Crippen molar-refractivity contribution >= 4 is 58.6 Å². The van der Waals surface area contributed by atoms with Crippen LogP contribution in [0.5, 0.6) is 5.75 Å². The summed E-state index contributed by atoms with van der Waals surface area (Å²) in [6.07, 6.45) is 4.72. The molecule has 2 aliphatic heterocycles. The van der Waals surface area contributed by atoms with E-state index in [0.717, 1.165) is 22.3 Å². The van der Waals surface area contributed by atoms with E-state index in [1.54, 1.807) is 55.6 Å². The molecule has 2 saturated heterocycles. The van der Waals surface area contributed by atoms with Gasteiger partial charge in [0.05, 0.1) is 41.7 Å². The van der Waals surface area contributed by atoms with E-state index in [9.17, 15) is 29.4 Å². The number of carbonyl (C=O) groups excluding carboxylic acids is 2. The van der Waals surface area contributed by atoms with Crippen molar-refractivity contribution in [3.8, 4) is 28.3 Å². The van der Waals surface area contributed by atoms with Gasteiger partial charge in [-0.2, -0.15) is 0 Å². The second-order valence-corrected chi connectivity index (χ2v) is 15.6. The number of para-hydroxylation sites is 1. The number of hydrogen-bond acceptors (Lipinski definition) is 7. The molecule has 2 N–H and O–H groups in total. The number of carbonyl (C=O) groups is 4. The first-order chi connectivity index (χ1) is 29.5. The van der Waals surface area contributed by atoms with Crippen molar-refractivity contribution < 1.29 is 34.1 Å². The molecule has 310 valence electrons. The third kappa shape index (κ3) is 9.10. The molecule has 4 aromatic carbocycles. The standard InChI is InChI=1S/C24H21ClN2O4.C23H18Cl2N2O3/c1-31-22-9-5-3-7-17(22)19-11-10-15(14-26-19)23(28)27-20(12-13-21(27)24(29)30)16-6-2-4-8-18(16)25;24-17-7-3-1-5-15(17)19-10-9-14(13-26-19)22(28)27-20(11-12-21(27)23(29)30)16-6-2-4-8-18(16)25/h2-11,14,20-21H,12-13H2,1H3,(H,29,30);1-10,13,20-21H,11-12H2,(H,29,30)/t2*20-,21+/m11/s1. The Balaban J connectivity index is 0.000000184. The summed E-state index contributed by atoms with van der Waals surface area (Å²) in [5.41, 5.74) is 5.00.